The molecule has 0 N–H and O–H groups in total. The van der Waals surface area contributed by atoms with Crippen molar-refractivity contribution in [3.8, 4) is 6.07 Å². The molecule has 0 saturated carbocycles. The second kappa shape index (κ2) is 5.92. The van der Waals surface area contributed by atoms with Crippen molar-refractivity contribution in [1.82, 2.24) is 0 Å². The van der Waals surface area contributed by atoms with Gasteiger partial charge in [-0.3, -0.25) is 0 Å². The number of ether oxygens (including phenoxy) is 1. The summed E-state index contributed by atoms with van der Waals surface area (Å²) >= 11 is 0. The van der Waals surface area contributed by atoms with Crippen molar-refractivity contribution in [1.29, 1.82) is 5.26 Å². The fraction of sp³-hybridized carbons (Fsp3) is 0.385. The van der Waals surface area contributed by atoms with Gasteiger partial charge in [0.2, 0.25) is 0 Å². The average Bonchev–Trinajstić information content (AvgIpc) is 2.31. The zero-order valence-electron chi connectivity index (χ0n) is 9.56. The fourth-order valence-corrected chi connectivity index (χ4v) is 1.50. The Kier molecular flexibility index (Phi) is 4.53. The molecule has 0 bridgehead atoms. The molecular formula is C13H15NO2. The van der Waals surface area contributed by atoms with Gasteiger partial charge in [0.05, 0.1) is 24.2 Å². The van der Waals surface area contributed by atoms with E-state index in [0.717, 1.165) is 12.0 Å². The van der Waals surface area contributed by atoms with Gasteiger partial charge in [0.25, 0.3) is 0 Å². The van der Waals surface area contributed by atoms with Crippen LogP contribution in [0.2, 0.25) is 0 Å². The van der Waals surface area contributed by atoms with E-state index in [0.29, 0.717) is 12.2 Å². The van der Waals surface area contributed by atoms with Crippen molar-refractivity contribution < 1.29 is 9.53 Å². The lowest BCUT2D eigenvalue weighted by Crippen LogP contribution is -2.05. The summed E-state index contributed by atoms with van der Waals surface area (Å²) in [5.74, 6) is -0.494. The predicted octanol–water partition coefficient (Wildman–Crippen LogP) is 2.88. The van der Waals surface area contributed by atoms with Gasteiger partial charge < -0.3 is 4.74 Å². The quantitative estimate of drug-likeness (QED) is 0.728. The van der Waals surface area contributed by atoms with Gasteiger partial charge in [0.15, 0.2) is 0 Å². The van der Waals surface area contributed by atoms with Crippen LogP contribution in [0.15, 0.2) is 24.3 Å². The Hall–Kier alpha value is -1.82. The molecule has 0 aliphatic rings. The Morgan fingerprint density at radius 2 is 2.25 bits per heavy atom. The molecule has 1 aromatic rings. The molecule has 1 unspecified atom stereocenters. The first-order chi connectivity index (χ1) is 7.72. The highest BCUT2D eigenvalue weighted by Gasteiger charge is 2.11. The van der Waals surface area contributed by atoms with Crippen molar-refractivity contribution >= 4 is 5.97 Å². The van der Waals surface area contributed by atoms with E-state index in [2.05, 4.69) is 6.07 Å². The summed E-state index contributed by atoms with van der Waals surface area (Å²) in [6, 6.07) is 9.29. The van der Waals surface area contributed by atoms with Crippen LogP contribution in [0.25, 0.3) is 0 Å². The first-order valence-electron chi connectivity index (χ1n) is 5.39. The standard InChI is InChI=1S/C13H15NO2/c1-3-10(9-14)11-6-5-7-12(8-11)13(15)16-4-2/h5-8,10H,3-4H2,1-2H3. The Balaban J connectivity index is 2.95. The Morgan fingerprint density at radius 1 is 1.50 bits per heavy atom. The van der Waals surface area contributed by atoms with Gasteiger partial charge in [-0.15, -0.1) is 0 Å². The number of nitriles is 1. The van der Waals surface area contributed by atoms with E-state index < -0.39 is 0 Å². The second-order valence-electron chi connectivity index (χ2n) is 3.44. The minimum Gasteiger partial charge on any atom is -0.462 e. The maximum atomic E-state index is 11.5. The van der Waals surface area contributed by atoms with E-state index in [9.17, 15) is 4.79 Å². The molecular weight excluding hydrogens is 202 g/mol. The van der Waals surface area contributed by atoms with Crippen LogP contribution in [0.1, 0.15) is 42.1 Å². The molecule has 0 aromatic heterocycles. The third-order valence-corrected chi connectivity index (χ3v) is 2.36. The topological polar surface area (TPSA) is 50.1 Å². The van der Waals surface area contributed by atoms with Crippen LogP contribution < -0.4 is 0 Å². The fourth-order valence-electron chi connectivity index (χ4n) is 1.50. The molecule has 0 aliphatic carbocycles. The molecule has 0 spiro atoms. The van der Waals surface area contributed by atoms with E-state index in [1.165, 1.54) is 0 Å². The molecule has 1 rings (SSSR count). The predicted molar refractivity (Wildman–Crippen MR) is 61.0 cm³/mol. The summed E-state index contributed by atoms with van der Waals surface area (Å²) in [5, 5.41) is 8.95. The van der Waals surface area contributed by atoms with Crippen LogP contribution in [-0.4, -0.2) is 12.6 Å². The highest BCUT2D eigenvalue weighted by atomic mass is 16.5. The van der Waals surface area contributed by atoms with Crippen molar-refractivity contribution in [3.05, 3.63) is 35.4 Å². The normalized spacial score (nSPS) is 11.6. The summed E-state index contributed by atoms with van der Waals surface area (Å²) < 4.78 is 4.91. The summed E-state index contributed by atoms with van der Waals surface area (Å²) in [4.78, 5) is 11.5. The van der Waals surface area contributed by atoms with Gasteiger partial charge in [0.1, 0.15) is 0 Å². The molecule has 0 saturated heterocycles. The lowest BCUT2D eigenvalue weighted by Gasteiger charge is -2.08. The number of nitrogens with zero attached hydrogens (tertiary/aromatic N) is 1. The minimum absolute atomic E-state index is 0.158. The van der Waals surface area contributed by atoms with Crippen LogP contribution in [0, 0.1) is 11.3 Å². The van der Waals surface area contributed by atoms with Crippen LogP contribution in [0.4, 0.5) is 0 Å². The highest BCUT2D eigenvalue weighted by Crippen LogP contribution is 2.19. The van der Waals surface area contributed by atoms with Crippen molar-refractivity contribution in [3.63, 3.8) is 0 Å². The van der Waals surface area contributed by atoms with Crippen LogP contribution in [-0.2, 0) is 4.74 Å². The number of rotatable bonds is 4. The van der Waals surface area contributed by atoms with Gasteiger partial charge in [-0.2, -0.15) is 5.26 Å². The van der Waals surface area contributed by atoms with Gasteiger partial charge in [-0.25, -0.2) is 4.79 Å². The first kappa shape index (κ1) is 12.3. The van der Waals surface area contributed by atoms with Crippen LogP contribution in [0.3, 0.4) is 0 Å². The second-order valence-corrected chi connectivity index (χ2v) is 3.44. The van der Waals surface area contributed by atoms with Crippen LogP contribution in [0.5, 0.6) is 0 Å². The molecule has 3 nitrogen and oxygen atoms in total. The molecule has 1 aromatic carbocycles. The Labute approximate surface area is 95.7 Å². The van der Waals surface area contributed by atoms with Gasteiger partial charge >= 0.3 is 5.97 Å². The maximum absolute atomic E-state index is 11.5. The summed E-state index contributed by atoms with van der Waals surface area (Å²) in [7, 11) is 0. The number of benzene rings is 1. The smallest absolute Gasteiger partial charge is 0.338 e. The third kappa shape index (κ3) is 2.83. The number of carbonyl (C=O) groups is 1. The van der Waals surface area contributed by atoms with Gasteiger partial charge in [-0.1, -0.05) is 19.1 Å². The van der Waals surface area contributed by atoms with Gasteiger partial charge in [0, 0.05) is 0 Å². The van der Waals surface area contributed by atoms with Crippen molar-refractivity contribution in [2.75, 3.05) is 6.61 Å². The van der Waals surface area contributed by atoms with Gasteiger partial charge in [-0.05, 0) is 31.0 Å². The monoisotopic (exact) mass is 217 g/mol. The van der Waals surface area contributed by atoms with E-state index >= 15 is 0 Å². The largest absolute Gasteiger partial charge is 0.462 e. The number of carbonyl (C=O) groups excluding carboxylic acids is 1. The number of esters is 1. The maximum Gasteiger partial charge on any atom is 0.338 e. The molecule has 0 aliphatic heterocycles. The lowest BCUT2D eigenvalue weighted by atomic mass is 9.96. The summed E-state index contributed by atoms with van der Waals surface area (Å²) in [5.41, 5.74) is 1.38. The zero-order valence-corrected chi connectivity index (χ0v) is 9.56. The molecule has 16 heavy (non-hydrogen) atoms. The Bertz CT molecular complexity index is 407. The molecule has 1 atom stereocenters. The average molecular weight is 217 g/mol. The zero-order chi connectivity index (χ0) is 12.0. The van der Waals surface area contributed by atoms with E-state index in [1.807, 2.05) is 13.0 Å². The Morgan fingerprint density at radius 3 is 2.81 bits per heavy atom. The number of hydrogen-bond acceptors (Lipinski definition) is 3. The summed E-state index contributed by atoms with van der Waals surface area (Å²) in [6.07, 6.45) is 0.739. The molecule has 0 heterocycles. The first-order valence-corrected chi connectivity index (χ1v) is 5.39. The van der Waals surface area contributed by atoms with Crippen molar-refractivity contribution in [2.24, 2.45) is 0 Å². The van der Waals surface area contributed by atoms with E-state index in [1.54, 1.807) is 25.1 Å². The lowest BCUT2D eigenvalue weighted by molar-refractivity contribution is 0.0526. The molecule has 0 fully saturated rings. The third-order valence-electron chi connectivity index (χ3n) is 2.36. The minimum atomic E-state index is -0.336. The molecule has 3 heteroatoms. The molecule has 0 radical (unpaired) electrons. The molecule has 84 valence electrons. The SMILES string of the molecule is CCOC(=O)c1cccc(C(C#N)CC)c1. The van der Waals surface area contributed by atoms with Crippen molar-refractivity contribution in [2.45, 2.75) is 26.2 Å². The summed E-state index contributed by atoms with van der Waals surface area (Å²) in [6.45, 7) is 4.08. The van der Waals surface area contributed by atoms with E-state index in [4.69, 9.17) is 10.00 Å². The van der Waals surface area contributed by atoms with E-state index in [-0.39, 0.29) is 11.9 Å². The number of hydrogen-bond donors (Lipinski definition) is 0. The molecule has 0 amide bonds. The van der Waals surface area contributed by atoms with Crippen LogP contribution >= 0.6 is 0 Å². The highest BCUT2D eigenvalue weighted by molar-refractivity contribution is 5.89.